The van der Waals surface area contributed by atoms with Crippen molar-refractivity contribution in [1.82, 2.24) is 9.88 Å². The van der Waals surface area contributed by atoms with Crippen molar-refractivity contribution in [1.29, 1.82) is 0 Å². The van der Waals surface area contributed by atoms with Gasteiger partial charge in [0, 0.05) is 24.5 Å². The Balaban J connectivity index is 1.41. The number of carbonyl (C=O) groups is 3. The summed E-state index contributed by atoms with van der Waals surface area (Å²) in [5.74, 6) is -0.330. The van der Waals surface area contributed by atoms with Gasteiger partial charge in [-0.25, -0.2) is 0 Å². The number of carbonyl (C=O) groups excluding carboxylic acids is 3. The standard InChI is InChI=1S/C24H26N4O3/c1-15(2)14-28-13-12-16-18(8-5-9-21(16)28)25-22(29)11-10-20-24(31)26-19-7-4-3-6-17(19)23(30)27-20/h3-9,12-13,15,20H,10-11,14H2,1-2H3,(H,25,29)(H,26,31)(H,27,30)/t20-/m1/s1. The zero-order valence-corrected chi connectivity index (χ0v) is 17.6. The lowest BCUT2D eigenvalue weighted by atomic mass is 10.1. The van der Waals surface area contributed by atoms with Gasteiger partial charge in [0.25, 0.3) is 5.91 Å². The Morgan fingerprint density at radius 1 is 1.10 bits per heavy atom. The highest BCUT2D eigenvalue weighted by molar-refractivity contribution is 6.10. The molecular formula is C24H26N4O3. The summed E-state index contributed by atoms with van der Waals surface area (Å²) in [4.78, 5) is 37.5. The average Bonchev–Trinajstić information content (AvgIpc) is 3.09. The molecule has 4 rings (SSSR count). The van der Waals surface area contributed by atoms with Crippen LogP contribution in [0.1, 0.15) is 37.0 Å². The molecule has 2 heterocycles. The zero-order valence-electron chi connectivity index (χ0n) is 17.6. The largest absolute Gasteiger partial charge is 0.347 e. The second kappa shape index (κ2) is 8.63. The summed E-state index contributed by atoms with van der Waals surface area (Å²) in [5.41, 5.74) is 2.71. The lowest BCUT2D eigenvalue weighted by molar-refractivity contribution is -0.118. The molecule has 0 unspecified atom stereocenters. The van der Waals surface area contributed by atoms with Crippen molar-refractivity contribution in [3.8, 4) is 0 Å². The molecule has 0 radical (unpaired) electrons. The fourth-order valence-electron chi connectivity index (χ4n) is 3.89. The molecule has 0 fully saturated rings. The van der Waals surface area contributed by atoms with Crippen LogP contribution in [0.2, 0.25) is 0 Å². The third kappa shape index (κ3) is 4.45. The Hall–Kier alpha value is -3.61. The fourth-order valence-corrected chi connectivity index (χ4v) is 3.89. The summed E-state index contributed by atoms with van der Waals surface area (Å²) in [5, 5.41) is 9.42. The molecule has 31 heavy (non-hydrogen) atoms. The van der Waals surface area contributed by atoms with Gasteiger partial charge in [-0.3, -0.25) is 14.4 Å². The number of amides is 3. The van der Waals surface area contributed by atoms with Crippen LogP contribution in [-0.2, 0) is 16.1 Å². The van der Waals surface area contributed by atoms with Gasteiger partial charge in [-0.15, -0.1) is 0 Å². The molecule has 0 spiro atoms. The van der Waals surface area contributed by atoms with E-state index in [0.29, 0.717) is 17.2 Å². The minimum atomic E-state index is -0.770. The molecule has 3 aromatic rings. The van der Waals surface area contributed by atoms with E-state index in [-0.39, 0.29) is 30.6 Å². The van der Waals surface area contributed by atoms with Crippen molar-refractivity contribution < 1.29 is 14.4 Å². The van der Waals surface area contributed by atoms with Crippen molar-refractivity contribution in [2.75, 3.05) is 10.6 Å². The monoisotopic (exact) mass is 418 g/mol. The Morgan fingerprint density at radius 3 is 2.71 bits per heavy atom. The number of aromatic nitrogens is 1. The van der Waals surface area contributed by atoms with Gasteiger partial charge in [-0.05, 0) is 42.7 Å². The van der Waals surface area contributed by atoms with Crippen LogP contribution in [0.15, 0.2) is 54.7 Å². The van der Waals surface area contributed by atoms with Crippen molar-refractivity contribution in [3.05, 3.63) is 60.3 Å². The number of anilines is 2. The summed E-state index contributed by atoms with van der Waals surface area (Å²) in [6.45, 7) is 5.23. The van der Waals surface area contributed by atoms with E-state index in [9.17, 15) is 14.4 Å². The van der Waals surface area contributed by atoms with Crippen LogP contribution in [0.3, 0.4) is 0 Å². The second-order valence-corrected chi connectivity index (χ2v) is 8.25. The van der Waals surface area contributed by atoms with E-state index in [1.807, 2.05) is 30.5 Å². The van der Waals surface area contributed by atoms with Crippen LogP contribution >= 0.6 is 0 Å². The molecule has 7 nitrogen and oxygen atoms in total. The smallest absolute Gasteiger partial charge is 0.254 e. The second-order valence-electron chi connectivity index (χ2n) is 8.25. The molecule has 7 heteroatoms. The number of hydrogen-bond acceptors (Lipinski definition) is 3. The van der Waals surface area contributed by atoms with Crippen LogP contribution in [0.5, 0.6) is 0 Å². The molecular weight excluding hydrogens is 392 g/mol. The molecule has 1 aliphatic rings. The van der Waals surface area contributed by atoms with E-state index < -0.39 is 6.04 Å². The first-order valence-electron chi connectivity index (χ1n) is 10.5. The minimum absolute atomic E-state index is 0.109. The molecule has 0 saturated carbocycles. The van der Waals surface area contributed by atoms with Crippen molar-refractivity contribution in [2.45, 2.75) is 39.3 Å². The summed E-state index contributed by atoms with van der Waals surface area (Å²) in [6, 6.07) is 13.9. The Morgan fingerprint density at radius 2 is 1.90 bits per heavy atom. The van der Waals surface area contributed by atoms with Gasteiger partial charge in [0.15, 0.2) is 0 Å². The van der Waals surface area contributed by atoms with Crippen molar-refractivity contribution in [3.63, 3.8) is 0 Å². The lowest BCUT2D eigenvalue weighted by Crippen LogP contribution is -2.41. The Labute approximate surface area is 180 Å². The highest BCUT2D eigenvalue weighted by atomic mass is 16.2. The molecule has 1 aromatic heterocycles. The predicted octanol–water partition coefficient (Wildman–Crippen LogP) is 3.77. The van der Waals surface area contributed by atoms with Crippen LogP contribution in [-0.4, -0.2) is 28.3 Å². The molecule has 3 N–H and O–H groups in total. The first-order valence-corrected chi connectivity index (χ1v) is 10.5. The number of benzene rings is 2. The van der Waals surface area contributed by atoms with Crippen LogP contribution < -0.4 is 16.0 Å². The Bertz CT molecular complexity index is 1150. The van der Waals surface area contributed by atoms with Crippen LogP contribution in [0.4, 0.5) is 11.4 Å². The van der Waals surface area contributed by atoms with Crippen molar-refractivity contribution in [2.24, 2.45) is 5.92 Å². The average molecular weight is 418 g/mol. The van der Waals surface area contributed by atoms with E-state index >= 15 is 0 Å². The molecule has 0 aliphatic carbocycles. The number of rotatable bonds is 6. The van der Waals surface area contributed by atoms with Crippen LogP contribution in [0.25, 0.3) is 10.9 Å². The number of nitrogens with zero attached hydrogens (tertiary/aromatic N) is 1. The molecule has 1 atom stereocenters. The van der Waals surface area contributed by atoms with E-state index in [0.717, 1.165) is 23.1 Å². The van der Waals surface area contributed by atoms with Gasteiger partial charge in [0.2, 0.25) is 11.8 Å². The van der Waals surface area contributed by atoms with E-state index in [2.05, 4.69) is 34.4 Å². The number of fused-ring (bicyclic) bond motifs is 2. The minimum Gasteiger partial charge on any atom is -0.347 e. The first kappa shape index (κ1) is 20.7. The van der Waals surface area contributed by atoms with Gasteiger partial charge < -0.3 is 20.5 Å². The quantitative estimate of drug-likeness (QED) is 0.569. The maximum Gasteiger partial charge on any atom is 0.254 e. The molecule has 2 aromatic carbocycles. The molecule has 3 amide bonds. The molecule has 160 valence electrons. The Kier molecular flexibility index (Phi) is 5.75. The zero-order chi connectivity index (χ0) is 22.0. The topological polar surface area (TPSA) is 92.2 Å². The number of para-hydroxylation sites is 1. The first-order chi connectivity index (χ1) is 14.9. The van der Waals surface area contributed by atoms with Gasteiger partial charge in [0.1, 0.15) is 6.04 Å². The van der Waals surface area contributed by atoms with Gasteiger partial charge in [-0.1, -0.05) is 32.0 Å². The van der Waals surface area contributed by atoms with Gasteiger partial charge in [-0.2, -0.15) is 0 Å². The molecule has 1 aliphatic heterocycles. The van der Waals surface area contributed by atoms with Gasteiger partial charge >= 0.3 is 0 Å². The third-order valence-corrected chi connectivity index (χ3v) is 5.36. The third-order valence-electron chi connectivity index (χ3n) is 5.36. The lowest BCUT2D eigenvalue weighted by Gasteiger charge is -2.14. The summed E-state index contributed by atoms with van der Waals surface area (Å²) in [7, 11) is 0. The normalized spacial score (nSPS) is 15.9. The fraction of sp³-hybridized carbons (Fsp3) is 0.292. The summed E-state index contributed by atoms with van der Waals surface area (Å²) < 4.78 is 2.18. The number of nitrogens with one attached hydrogen (secondary N) is 3. The summed E-state index contributed by atoms with van der Waals surface area (Å²) >= 11 is 0. The number of hydrogen-bond donors (Lipinski definition) is 3. The van der Waals surface area contributed by atoms with Crippen LogP contribution in [0, 0.1) is 5.92 Å². The van der Waals surface area contributed by atoms with E-state index in [1.54, 1.807) is 24.3 Å². The molecule has 0 bridgehead atoms. The maximum absolute atomic E-state index is 12.6. The SMILES string of the molecule is CC(C)Cn1ccc2c(NC(=O)CC[C@H]3NC(=O)c4ccccc4NC3=O)cccc21. The highest BCUT2D eigenvalue weighted by Crippen LogP contribution is 2.26. The van der Waals surface area contributed by atoms with Gasteiger partial charge in [0.05, 0.1) is 22.5 Å². The predicted molar refractivity (Wildman–Crippen MR) is 121 cm³/mol. The van der Waals surface area contributed by atoms with E-state index in [4.69, 9.17) is 0 Å². The van der Waals surface area contributed by atoms with Crippen molar-refractivity contribution >= 4 is 40.0 Å². The summed E-state index contributed by atoms with van der Waals surface area (Å²) in [6.07, 6.45) is 2.35. The maximum atomic E-state index is 12.6. The molecule has 0 saturated heterocycles. The van der Waals surface area contributed by atoms with E-state index in [1.165, 1.54) is 0 Å². The highest BCUT2D eigenvalue weighted by Gasteiger charge is 2.27.